The first-order chi connectivity index (χ1) is 13.1. The highest BCUT2D eigenvalue weighted by Gasteiger charge is 2.24. The highest BCUT2D eigenvalue weighted by Crippen LogP contribution is 2.18. The molecule has 0 bridgehead atoms. The third-order valence-electron chi connectivity index (χ3n) is 4.85. The van der Waals surface area contributed by atoms with Crippen LogP contribution in [0.2, 0.25) is 0 Å². The molecule has 7 nitrogen and oxygen atoms in total. The summed E-state index contributed by atoms with van der Waals surface area (Å²) in [5.41, 5.74) is 2.33. The van der Waals surface area contributed by atoms with Crippen molar-refractivity contribution in [3.05, 3.63) is 47.8 Å². The van der Waals surface area contributed by atoms with E-state index in [-0.39, 0.29) is 5.91 Å². The van der Waals surface area contributed by atoms with Gasteiger partial charge in [0.05, 0.1) is 14.2 Å². The van der Waals surface area contributed by atoms with E-state index >= 15 is 0 Å². The lowest BCUT2D eigenvalue weighted by atomic mass is 10.1. The number of aryl methyl sites for hydroxylation is 1. The van der Waals surface area contributed by atoms with E-state index in [0.29, 0.717) is 19.6 Å². The SMILES string of the molecule is COc1ccc(C)cc1C[NH+](C)CC(=O)N1CCN(c2ncccn2)CC1. The van der Waals surface area contributed by atoms with Crippen molar-refractivity contribution in [1.29, 1.82) is 0 Å². The molecule has 144 valence electrons. The van der Waals surface area contributed by atoms with Crippen LogP contribution in [0.4, 0.5) is 5.95 Å². The van der Waals surface area contributed by atoms with Crippen LogP contribution < -0.4 is 14.5 Å². The zero-order valence-corrected chi connectivity index (χ0v) is 16.3. The van der Waals surface area contributed by atoms with Crippen LogP contribution >= 0.6 is 0 Å². The summed E-state index contributed by atoms with van der Waals surface area (Å²) in [5, 5.41) is 0. The maximum Gasteiger partial charge on any atom is 0.277 e. The topological polar surface area (TPSA) is 63.0 Å². The van der Waals surface area contributed by atoms with Crippen molar-refractivity contribution < 1.29 is 14.4 Å². The number of aromatic nitrogens is 2. The number of hydrogen-bond donors (Lipinski definition) is 1. The van der Waals surface area contributed by atoms with Crippen molar-refractivity contribution in [2.24, 2.45) is 0 Å². The lowest BCUT2D eigenvalue weighted by molar-refractivity contribution is -0.885. The summed E-state index contributed by atoms with van der Waals surface area (Å²) in [7, 11) is 3.73. The number of hydrogen-bond acceptors (Lipinski definition) is 5. The van der Waals surface area contributed by atoms with Gasteiger partial charge in [0.1, 0.15) is 12.3 Å². The standard InChI is InChI=1S/C20H27N5O2/c1-16-5-6-18(27-3)17(13-16)14-23(2)15-19(26)24-9-11-25(12-10-24)20-21-7-4-8-22-20/h4-8,13H,9-12,14-15H2,1-3H3/p+1. The second-order valence-corrected chi connectivity index (χ2v) is 7.04. The minimum Gasteiger partial charge on any atom is -0.496 e. The number of anilines is 1. The molecule has 2 aromatic rings. The fourth-order valence-electron chi connectivity index (χ4n) is 3.41. The average Bonchev–Trinajstić information content (AvgIpc) is 2.69. The molecule has 1 unspecified atom stereocenters. The molecule has 1 atom stereocenters. The van der Waals surface area contributed by atoms with Crippen molar-refractivity contribution in [3.8, 4) is 5.75 Å². The normalized spacial score (nSPS) is 15.5. The summed E-state index contributed by atoms with van der Waals surface area (Å²) in [6.45, 7) is 6.24. The van der Waals surface area contributed by atoms with E-state index in [0.717, 1.165) is 41.8 Å². The van der Waals surface area contributed by atoms with Crippen LogP contribution in [0.1, 0.15) is 11.1 Å². The summed E-state index contributed by atoms with van der Waals surface area (Å²) in [6, 6.07) is 7.97. The Balaban J connectivity index is 1.51. The largest absolute Gasteiger partial charge is 0.496 e. The highest BCUT2D eigenvalue weighted by atomic mass is 16.5. The molecule has 0 aliphatic carbocycles. The Morgan fingerprint density at radius 1 is 1.19 bits per heavy atom. The molecule has 1 N–H and O–H groups in total. The van der Waals surface area contributed by atoms with E-state index in [1.165, 1.54) is 5.56 Å². The first-order valence-corrected chi connectivity index (χ1v) is 9.31. The predicted molar refractivity (Wildman–Crippen MR) is 104 cm³/mol. The lowest BCUT2D eigenvalue weighted by Crippen LogP contribution is -3.09. The van der Waals surface area contributed by atoms with Gasteiger partial charge in [0.15, 0.2) is 6.54 Å². The first kappa shape index (κ1) is 19.1. The number of carbonyl (C=O) groups excluding carboxylic acids is 1. The van der Waals surface area contributed by atoms with E-state index in [2.05, 4.69) is 27.9 Å². The molecule has 27 heavy (non-hydrogen) atoms. The molecule has 1 fully saturated rings. The Morgan fingerprint density at radius 2 is 1.89 bits per heavy atom. The van der Waals surface area contributed by atoms with Gasteiger partial charge in [-0.1, -0.05) is 11.6 Å². The number of likely N-dealkylation sites (N-methyl/N-ethyl adjacent to an activating group) is 1. The van der Waals surface area contributed by atoms with Crippen molar-refractivity contribution in [2.75, 3.05) is 51.8 Å². The van der Waals surface area contributed by atoms with Gasteiger partial charge < -0.3 is 19.4 Å². The number of methoxy groups -OCH3 is 1. The quantitative estimate of drug-likeness (QED) is 0.785. The number of rotatable bonds is 6. The molecule has 0 saturated carbocycles. The fraction of sp³-hybridized carbons (Fsp3) is 0.450. The third kappa shape index (κ3) is 4.95. The Hall–Kier alpha value is -2.67. The first-order valence-electron chi connectivity index (χ1n) is 9.31. The number of amides is 1. The van der Waals surface area contributed by atoms with Gasteiger partial charge in [-0.05, 0) is 25.1 Å². The number of ether oxygens (including phenoxy) is 1. The van der Waals surface area contributed by atoms with Crippen LogP contribution in [0.3, 0.4) is 0 Å². The van der Waals surface area contributed by atoms with Crippen LogP contribution in [0.15, 0.2) is 36.7 Å². The van der Waals surface area contributed by atoms with Gasteiger partial charge >= 0.3 is 0 Å². The summed E-state index contributed by atoms with van der Waals surface area (Å²) in [5.74, 6) is 1.80. The molecule has 1 amide bonds. The maximum atomic E-state index is 12.7. The van der Waals surface area contributed by atoms with Crippen molar-refractivity contribution in [3.63, 3.8) is 0 Å². The third-order valence-corrected chi connectivity index (χ3v) is 4.85. The molecule has 1 aliphatic rings. The van der Waals surface area contributed by atoms with E-state index in [4.69, 9.17) is 4.74 Å². The minimum absolute atomic E-state index is 0.188. The Labute approximate surface area is 160 Å². The number of nitrogens with one attached hydrogen (secondary N) is 1. The smallest absolute Gasteiger partial charge is 0.277 e. The molecular weight excluding hydrogens is 342 g/mol. The number of piperazine rings is 1. The molecule has 1 saturated heterocycles. The van der Waals surface area contributed by atoms with Crippen LogP contribution in [0.5, 0.6) is 5.75 Å². The molecule has 0 spiro atoms. The Kier molecular flexibility index (Phi) is 6.24. The fourth-order valence-corrected chi connectivity index (χ4v) is 3.41. The van der Waals surface area contributed by atoms with Gasteiger partial charge in [0.2, 0.25) is 5.95 Å². The van der Waals surface area contributed by atoms with Crippen LogP contribution in [-0.2, 0) is 11.3 Å². The monoisotopic (exact) mass is 370 g/mol. The zero-order valence-electron chi connectivity index (χ0n) is 16.3. The van der Waals surface area contributed by atoms with Crippen LogP contribution in [0, 0.1) is 6.92 Å². The molecule has 2 heterocycles. The van der Waals surface area contributed by atoms with Gasteiger partial charge in [-0.3, -0.25) is 4.79 Å². The molecule has 1 aromatic carbocycles. The second kappa shape index (κ2) is 8.81. The maximum absolute atomic E-state index is 12.7. The van der Waals surface area contributed by atoms with Gasteiger partial charge in [-0.2, -0.15) is 0 Å². The summed E-state index contributed by atoms with van der Waals surface area (Å²) in [6.07, 6.45) is 3.50. The molecule has 0 radical (unpaired) electrons. The Bertz CT molecular complexity index is 760. The summed E-state index contributed by atoms with van der Waals surface area (Å²) >= 11 is 0. The molecule has 7 heteroatoms. The lowest BCUT2D eigenvalue weighted by Gasteiger charge is -2.34. The number of nitrogens with zero attached hydrogens (tertiary/aromatic N) is 4. The van der Waals surface area contributed by atoms with Gasteiger partial charge in [0.25, 0.3) is 5.91 Å². The second-order valence-electron chi connectivity index (χ2n) is 7.04. The van der Waals surface area contributed by atoms with Gasteiger partial charge in [0, 0.05) is 44.1 Å². The van der Waals surface area contributed by atoms with Crippen molar-refractivity contribution >= 4 is 11.9 Å². The number of quaternary nitrogens is 1. The number of carbonyl (C=O) groups is 1. The Morgan fingerprint density at radius 3 is 2.56 bits per heavy atom. The van der Waals surface area contributed by atoms with Gasteiger partial charge in [-0.25, -0.2) is 9.97 Å². The van der Waals surface area contributed by atoms with E-state index in [9.17, 15) is 4.79 Å². The molecule has 3 rings (SSSR count). The molecule has 1 aliphatic heterocycles. The van der Waals surface area contributed by atoms with E-state index in [1.54, 1.807) is 19.5 Å². The summed E-state index contributed by atoms with van der Waals surface area (Å²) in [4.78, 5) is 26.5. The van der Waals surface area contributed by atoms with E-state index < -0.39 is 0 Å². The zero-order chi connectivity index (χ0) is 19.2. The number of benzene rings is 1. The van der Waals surface area contributed by atoms with Crippen molar-refractivity contribution in [1.82, 2.24) is 14.9 Å². The highest BCUT2D eigenvalue weighted by molar-refractivity contribution is 5.77. The van der Waals surface area contributed by atoms with Crippen molar-refractivity contribution in [2.45, 2.75) is 13.5 Å². The molecular formula is C20H28N5O2+. The van der Waals surface area contributed by atoms with E-state index in [1.807, 2.05) is 30.1 Å². The molecule has 1 aromatic heterocycles. The predicted octanol–water partition coefficient (Wildman–Crippen LogP) is 0.157. The summed E-state index contributed by atoms with van der Waals surface area (Å²) < 4.78 is 5.45. The minimum atomic E-state index is 0.188. The van der Waals surface area contributed by atoms with Crippen LogP contribution in [-0.4, -0.2) is 67.7 Å². The van der Waals surface area contributed by atoms with Gasteiger partial charge in [-0.15, -0.1) is 0 Å². The average molecular weight is 370 g/mol. The van der Waals surface area contributed by atoms with Crippen LogP contribution in [0.25, 0.3) is 0 Å².